The van der Waals surface area contributed by atoms with Gasteiger partial charge in [0.15, 0.2) is 0 Å². The summed E-state index contributed by atoms with van der Waals surface area (Å²) >= 11 is 0. The molecule has 1 aliphatic carbocycles. The Kier molecular flexibility index (Phi) is 6.63. The van der Waals surface area contributed by atoms with Crippen molar-refractivity contribution in [1.82, 2.24) is 0 Å². The van der Waals surface area contributed by atoms with Crippen LogP contribution in [0.1, 0.15) is 57.5 Å². The maximum atomic E-state index is 12.9. The number of hydrogen-bond donors (Lipinski definition) is 1. The van der Waals surface area contributed by atoms with Gasteiger partial charge in [0.2, 0.25) is 6.10 Å². The number of ether oxygens (including phenoxy) is 1. The van der Waals surface area contributed by atoms with E-state index in [4.69, 9.17) is 9.15 Å². The third-order valence-electron chi connectivity index (χ3n) is 6.62. The van der Waals surface area contributed by atoms with Crippen molar-refractivity contribution in [2.24, 2.45) is 11.8 Å². The van der Waals surface area contributed by atoms with Gasteiger partial charge in [0.05, 0.1) is 5.38 Å². The van der Waals surface area contributed by atoms with E-state index in [0.717, 1.165) is 24.6 Å². The largest absolute Gasteiger partial charge is 0.468 e. The van der Waals surface area contributed by atoms with Crippen molar-refractivity contribution in [2.45, 2.75) is 77.3 Å². The van der Waals surface area contributed by atoms with Crippen molar-refractivity contribution in [2.75, 3.05) is 0 Å². The molecular weight excluding hydrogens is 392 g/mol. The standard InChI is InChI=1S/C25H36O4Si/c1-17-12-13-19(25(2,3)18-10-8-7-9-11-18)21(16-17)29-24(27)23(26)20-14-15-22(28-20)30(4,5)6/h7-11,14-15,17,19,21,23,26H,12-13,16H2,1-6H3/t17-,19-,21-,23-/m1/s1. The molecule has 1 heterocycles. The van der Waals surface area contributed by atoms with Gasteiger partial charge in [0.25, 0.3) is 0 Å². The second kappa shape index (κ2) is 8.72. The molecule has 164 valence electrons. The molecule has 0 aliphatic heterocycles. The average Bonchev–Trinajstić information content (AvgIpc) is 3.18. The molecule has 2 aromatic rings. The Morgan fingerprint density at radius 1 is 1.13 bits per heavy atom. The Labute approximate surface area is 181 Å². The van der Waals surface area contributed by atoms with E-state index in [1.54, 1.807) is 6.07 Å². The lowest BCUT2D eigenvalue weighted by atomic mass is 9.64. The minimum absolute atomic E-state index is 0.132. The summed E-state index contributed by atoms with van der Waals surface area (Å²) in [7, 11) is -1.65. The molecule has 0 unspecified atom stereocenters. The molecule has 30 heavy (non-hydrogen) atoms. The van der Waals surface area contributed by atoms with Crippen molar-refractivity contribution >= 4 is 19.4 Å². The van der Waals surface area contributed by atoms with Gasteiger partial charge in [0, 0.05) is 5.92 Å². The van der Waals surface area contributed by atoms with Crippen LogP contribution in [0.15, 0.2) is 46.9 Å². The molecule has 4 atom stereocenters. The highest BCUT2D eigenvalue weighted by molar-refractivity contribution is 6.87. The molecule has 0 amide bonds. The molecule has 1 aliphatic rings. The maximum Gasteiger partial charge on any atom is 0.343 e. The van der Waals surface area contributed by atoms with Crippen molar-refractivity contribution in [3.8, 4) is 0 Å². The van der Waals surface area contributed by atoms with Crippen molar-refractivity contribution in [1.29, 1.82) is 0 Å². The maximum absolute atomic E-state index is 12.9. The topological polar surface area (TPSA) is 59.7 Å². The van der Waals surface area contributed by atoms with Gasteiger partial charge in [-0.15, -0.1) is 0 Å². The highest BCUT2D eigenvalue weighted by Gasteiger charge is 2.42. The number of rotatable bonds is 6. The minimum Gasteiger partial charge on any atom is -0.468 e. The smallest absolute Gasteiger partial charge is 0.343 e. The van der Waals surface area contributed by atoms with Gasteiger partial charge < -0.3 is 14.3 Å². The minimum atomic E-state index is -1.65. The highest BCUT2D eigenvalue weighted by atomic mass is 28.3. The Morgan fingerprint density at radius 3 is 2.40 bits per heavy atom. The Bertz CT molecular complexity index is 850. The molecule has 1 N–H and O–H groups in total. The second-order valence-electron chi connectivity index (χ2n) is 10.4. The molecule has 0 radical (unpaired) electrons. The van der Waals surface area contributed by atoms with Crippen LogP contribution in [0.3, 0.4) is 0 Å². The predicted octanol–water partition coefficient (Wildman–Crippen LogP) is 5.18. The fourth-order valence-corrected chi connectivity index (χ4v) is 5.61. The van der Waals surface area contributed by atoms with E-state index < -0.39 is 20.1 Å². The quantitative estimate of drug-likeness (QED) is 0.508. The number of benzene rings is 1. The molecule has 0 saturated heterocycles. The number of furan rings is 1. The molecule has 0 bridgehead atoms. The monoisotopic (exact) mass is 428 g/mol. The molecular formula is C25H36O4Si. The summed E-state index contributed by atoms with van der Waals surface area (Å²) in [6, 6.07) is 14.0. The van der Waals surface area contributed by atoms with Crippen molar-refractivity contribution < 1.29 is 19.1 Å². The van der Waals surface area contributed by atoms with E-state index in [9.17, 15) is 9.90 Å². The van der Waals surface area contributed by atoms with Gasteiger partial charge in [-0.3, -0.25) is 0 Å². The Morgan fingerprint density at radius 2 is 1.80 bits per heavy atom. The van der Waals surface area contributed by atoms with Crippen LogP contribution >= 0.6 is 0 Å². The number of esters is 1. The van der Waals surface area contributed by atoms with E-state index >= 15 is 0 Å². The molecule has 1 saturated carbocycles. The van der Waals surface area contributed by atoms with Gasteiger partial charge in [-0.25, -0.2) is 4.79 Å². The zero-order valence-electron chi connectivity index (χ0n) is 19.1. The fraction of sp³-hybridized carbons (Fsp3) is 0.560. The van der Waals surface area contributed by atoms with E-state index in [0.29, 0.717) is 5.92 Å². The van der Waals surface area contributed by atoms with Crippen LogP contribution in [-0.2, 0) is 14.9 Å². The Balaban J connectivity index is 1.78. The summed E-state index contributed by atoms with van der Waals surface area (Å²) in [5.74, 6) is 0.353. The van der Waals surface area contributed by atoms with E-state index in [1.807, 2.05) is 12.1 Å². The normalized spacial score (nSPS) is 23.8. The number of aliphatic hydroxyl groups excluding tert-OH is 1. The van der Waals surface area contributed by atoms with Crippen molar-refractivity contribution in [3.05, 3.63) is 53.8 Å². The number of carbonyl (C=O) groups excluding carboxylic acids is 1. The lowest BCUT2D eigenvalue weighted by molar-refractivity contribution is -0.167. The molecule has 0 spiro atoms. The van der Waals surface area contributed by atoms with Gasteiger partial charge >= 0.3 is 5.97 Å². The van der Waals surface area contributed by atoms with Crippen LogP contribution in [0.2, 0.25) is 19.6 Å². The summed E-state index contributed by atoms with van der Waals surface area (Å²) in [6.45, 7) is 13.2. The van der Waals surface area contributed by atoms with Crippen LogP contribution in [0, 0.1) is 11.8 Å². The van der Waals surface area contributed by atoms with E-state index in [2.05, 4.69) is 64.7 Å². The van der Waals surface area contributed by atoms with Crippen LogP contribution in [0.25, 0.3) is 0 Å². The van der Waals surface area contributed by atoms with Crippen molar-refractivity contribution in [3.63, 3.8) is 0 Å². The predicted molar refractivity (Wildman–Crippen MR) is 123 cm³/mol. The molecule has 5 heteroatoms. The van der Waals surface area contributed by atoms with Crippen LogP contribution in [-0.4, -0.2) is 25.3 Å². The first-order valence-corrected chi connectivity index (χ1v) is 14.5. The van der Waals surface area contributed by atoms with Gasteiger partial charge in [-0.1, -0.05) is 77.2 Å². The van der Waals surface area contributed by atoms with Crippen LogP contribution < -0.4 is 5.38 Å². The zero-order chi connectivity index (χ0) is 22.1. The fourth-order valence-electron chi connectivity index (χ4n) is 4.60. The zero-order valence-corrected chi connectivity index (χ0v) is 20.1. The molecule has 1 aromatic carbocycles. The first-order valence-electron chi connectivity index (χ1n) is 11.0. The SMILES string of the molecule is C[C@@H]1CC[C@@H](C(C)(C)c2ccccc2)[C@H](OC(=O)[C@H](O)c2ccc([Si](C)(C)C)o2)C1. The average molecular weight is 429 g/mol. The first-order chi connectivity index (χ1) is 14.0. The third-order valence-corrected chi connectivity index (χ3v) is 8.37. The third kappa shape index (κ3) is 4.89. The second-order valence-corrected chi connectivity index (χ2v) is 15.4. The van der Waals surface area contributed by atoms with E-state index in [-0.39, 0.29) is 23.2 Å². The lowest BCUT2D eigenvalue weighted by Crippen LogP contribution is -2.44. The van der Waals surface area contributed by atoms with Gasteiger partial charge in [0.1, 0.15) is 19.9 Å². The summed E-state index contributed by atoms with van der Waals surface area (Å²) in [6.07, 6.45) is 1.33. The number of aliphatic hydroxyl groups is 1. The van der Waals surface area contributed by atoms with Crippen LogP contribution in [0.5, 0.6) is 0 Å². The lowest BCUT2D eigenvalue weighted by Gasteiger charge is -2.44. The first kappa shape index (κ1) is 22.8. The molecule has 1 aromatic heterocycles. The molecule has 3 rings (SSSR count). The summed E-state index contributed by atoms with van der Waals surface area (Å²) in [4.78, 5) is 12.9. The Hall–Kier alpha value is -1.85. The molecule has 1 fully saturated rings. The van der Waals surface area contributed by atoms with Crippen LogP contribution in [0.4, 0.5) is 0 Å². The number of carbonyl (C=O) groups is 1. The summed E-state index contributed by atoms with van der Waals surface area (Å²) in [5.41, 5.74) is 1.12. The summed E-state index contributed by atoms with van der Waals surface area (Å²) < 4.78 is 11.8. The number of hydrogen-bond acceptors (Lipinski definition) is 4. The molecule has 4 nitrogen and oxygen atoms in total. The summed E-state index contributed by atoms with van der Waals surface area (Å²) in [5, 5.41) is 11.5. The van der Waals surface area contributed by atoms with Gasteiger partial charge in [-0.2, -0.15) is 0 Å². The van der Waals surface area contributed by atoms with Gasteiger partial charge in [-0.05, 0) is 41.9 Å². The van der Waals surface area contributed by atoms with E-state index in [1.165, 1.54) is 5.56 Å². The highest BCUT2D eigenvalue weighted by Crippen LogP contribution is 2.44.